The van der Waals surface area contributed by atoms with E-state index >= 15 is 0 Å². The van der Waals surface area contributed by atoms with Crippen molar-refractivity contribution in [2.75, 3.05) is 39.5 Å². The average molecular weight is 324 g/mol. The predicted octanol–water partition coefficient (Wildman–Crippen LogP) is 1.50. The molecule has 0 bridgehead atoms. The van der Waals surface area contributed by atoms with Gasteiger partial charge in [-0.3, -0.25) is 0 Å². The lowest BCUT2D eigenvalue weighted by Gasteiger charge is -2.29. The molecule has 2 rings (SSSR count). The van der Waals surface area contributed by atoms with E-state index in [0.717, 1.165) is 18.7 Å². The van der Waals surface area contributed by atoms with Crippen LogP contribution in [0.5, 0.6) is 0 Å². The van der Waals surface area contributed by atoms with Crippen molar-refractivity contribution in [1.82, 2.24) is 4.90 Å². The molecule has 1 heterocycles. The van der Waals surface area contributed by atoms with Gasteiger partial charge in [0.05, 0.1) is 19.1 Å². The summed E-state index contributed by atoms with van der Waals surface area (Å²) in [6.45, 7) is 3.24. The van der Waals surface area contributed by atoms with E-state index < -0.39 is 6.09 Å². The molecule has 1 aliphatic rings. The van der Waals surface area contributed by atoms with Gasteiger partial charge < -0.3 is 24.8 Å². The summed E-state index contributed by atoms with van der Waals surface area (Å²) in [6, 6.07) is 9.68. The summed E-state index contributed by atoms with van der Waals surface area (Å²) in [5.74, 6) is -0.118. The van der Waals surface area contributed by atoms with Gasteiger partial charge in [0.1, 0.15) is 13.2 Å². The Morgan fingerprint density at radius 2 is 1.86 bits per heavy atom. The second-order valence-electron chi connectivity index (χ2n) is 4.91. The first-order chi connectivity index (χ1) is 10.7. The highest BCUT2D eigenvalue weighted by atomic mass is 32.1. The van der Waals surface area contributed by atoms with Gasteiger partial charge in [-0.15, -0.1) is 0 Å². The van der Waals surface area contributed by atoms with Crippen LogP contribution in [0.1, 0.15) is 11.5 Å². The number of morpholine rings is 1. The van der Waals surface area contributed by atoms with Gasteiger partial charge in [0.15, 0.2) is 0 Å². The van der Waals surface area contributed by atoms with Crippen molar-refractivity contribution < 1.29 is 19.0 Å². The van der Waals surface area contributed by atoms with Crippen LogP contribution in [0.2, 0.25) is 0 Å². The van der Waals surface area contributed by atoms with Crippen molar-refractivity contribution in [2.24, 2.45) is 5.73 Å². The lowest BCUT2D eigenvalue weighted by atomic mass is 10.0. The van der Waals surface area contributed by atoms with Crippen molar-refractivity contribution in [1.29, 1.82) is 0 Å². The van der Waals surface area contributed by atoms with Gasteiger partial charge in [-0.2, -0.15) is 0 Å². The van der Waals surface area contributed by atoms with Gasteiger partial charge in [-0.1, -0.05) is 30.3 Å². The molecule has 6 nitrogen and oxygen atoms in total. The lowest BCUT2D eigenvalue weighted by Crippen LogP contribution is -2.41. The van der Waals surface area contributed by atoms with Crippen LogP contribution in [0.3, 0.4) is 0 Å². The maximum atomic E-state index is 10.8. The number of nitrogens with two attached hydrogens (primary N) is 1. The monoisotopic (exact) mass is 324 g/mol. The first-order valence-corrected chi connectivity index (χ1v) is 7.54. The van der Waals surface area contributed by atoms with Crippen LogP contribution in [0, 0.1) is 0 Å². The topological polar surface area (TPSA) is 74.0 Å². The Labute approximate surface area is 135 Å². The van der Waals surface area contributed by atoms with Crippen LogP contribution in [-0.2, 0) is 14.2 Å². The maximum Gasteiger partial charge on any atom is 0.404 e. The Morgan fingerprint density at radius 1 is 1.23 bits per heavy atom. The molecule has 0 aliphatic carbocycles. The second-order valence-corrected chi connectivity index (χ2v) is 5.26. The Hall–Kier alpha value is -1.86. The van der Waals surface area contributed by atoms with Gasteiger partial charge in [0.2, 0.25) is 0 Å². The normalized spacial score (nSPS) is 15.9. The van der Waals surface area contributed by atoms with E-state index in [9.17, 15) is 4.79 Å². The maximum absolute atomic E-state index is 10.8. The fourth-order valence-corrected chi connectivity index (χ4v) is 2.41. The SMILES string of the molecule is NC(=O)OCC(COC(=S)N1CCOCC1)c1ccccc1. The summed E-state index contributed by atoms with van der Waals surface area (Å²) in [6.07, 6.45) is -0.795. The number of primary amides is 1. The number of nitrogens with zero attached hydrogens (tertiary/aromatic N) is 1. The van der Waals surface area contributed by atoms with Gasteiger partial charge in [-0.05, 0) is 17.8 Å². The van der Waals surface area contributed by atoms with Crippen LogP contribution in [-0.4, -0.2) is 55.7 Å². The van der Waals surface area contributed by atoms with Crippen LogP contribution < -0.4 is 5.73 Å². The van der Waals surface area contributed by atoms with Crippen LogP contribution >= 0.6 is 12.2 Å². The zero-order valence-corrected chi connectivity index (χ0v) is 13.1. The summed E-state index contributed by atoms with van der Waals surface area (Å²) >= 11 is 5.29. The molecule has 1 aromatic rings. The number of carbonyl (C=O) groups excluding carboxylic acids is 1. The zero-order valence-electron chi connectivity index (χ0n) is 12.3. The van der Waals surface area contributed by atoms with Crippen molar-refractivity contribution in [3.8, 4) is 0 Å². The number of carbonyl (C=O) groups is 1. The minimum absolute atomic E-state index is 0.118. The summed E-state index contributed by atoms with van der Waals surface area (Å²) in [5.41, 5.74) is 6.05. The van der Waals surface area contributed by atoms with E-state index in [1.165, 1.54) is 0 Å². The molecule has 1 aliphatic heterocycles. The van der Waals surface area contributed by atoms with Crippen LogP contribution in [0.25, 0.3) is 0 Å². The second kappa shape index (κ2) is 8.55. The van der Waals surface area contributed by atoms with Crippen molar-refractivity contribution >= 4 is 23.5 Å². The Balaban J connectivity index is 1.91. The first-order valence-electron chi connectivity index (χ1n) is 7.13. The van der Waals surface area contributed by atoms with Gasteiger partial charge >= 0.3 is 6.09 Å². The van der Waals surface area contributed by atoms with Crippen LogP contribution in [0.4, 0.5) is 4.79 Å². The Morgan fingerprint density at radius 3 is 2.50 bits per heavy atom. The number of hydrogen-bond acceptors (Lipinski definition) is 5. The van der Waals surface area contributed by atoms with Crippen molar-refractivity contribution in [3.05, 3.63) is 35.9 Å². The number of benzene rings is 1. The third-order valence-corrected chi connectivity index (χ3v) is 3.75. The highest BCUT2D eigenvalue weighted by Gasteiger charge is 2.19. The van der Waals surface area contributed by atoms with E-state index in [1.54, 1.807) is 0 Å². The number of amides is 1. The van der Waals surface area contributed by atoms with E-state index in [4.69, 9.17) is 32.2 Å². The molecule has 1 amide bonds. The summed E-state index contributed by atoms with van der Waals surface area (Å²) < 4.78 is 15.9. The molecule has 22 heavy (non-hydrogen) atoms. The number of ether oxygens (including phenoxy) is 3. The molecule has 1 saturated heterocycles. The fraction of sp³-hybridized carbons (Fsp3) is 0.467. The van der Waals surface area contributed by atoms with Crippen LogP contribution in [0.15, 0.2) is 30.3 Å². The smallest absolute Gasteiger partial charge is 0.404 e. The highest BCUT2D eigenvalue weighted by Crippen LogP contribution is 2.17. The molecule has 0 aromatic heterocycles. The van der Waals surface area contributed by atoms with E-state index in [2.05, 4.69) is 0 Å². The number of rotatable bonds is 5. The average Bonchev–Trinajstić information content (AvgIpc) is 2.56. The van der Waals surface area contributed by atoms with Crippen molar-refractivity contribution in [3.63, 3.8) is 0 Å². The molecule has 0 spiro atoms. The largest absolute Gasteiger partial charge is 0.470 e. The molecule has 0 saturated carbocycles. The standard InChI is InChI=1S/C15H20N2O4S/c16-14(18)20-10-13(12-4-2-1-3-5-12)11-21-15(22)17-6-8-19-9-7-17/h1-5,13H,6-11H2,(H2,16,18). The minimum Gasteiger partial charge on any atom is -0.470 e. The molecule has 0 radical (unpaired) electrons. The number of hydrogen-bond donors (Lipinski definition) is 1. The zero-order chi connectivity index (χ0) is 15.8. The fourth-order valence-electron chi connectivity index (χ4n) is 2.16. The third kappa shape index (κ3) is 5.16. The third-order valence-electron chi connectivity index (χ3n) is 3.38. The predicted molar refractivity (Wildman–Crippen MR) is 85.7 cm³/mol. The Kier molecular flexibility index (Phi) is 6.42. The highest BCUT2D eigenvalue weighted by molar-refractivity contribution is 7.80. The molecule has 1 unspecified atom stereocenters. The van der Waals surface area contributed by atoms with Gasteiger partial charge in [0, 0.05) is 13.1 Å². The minimum atomic E-state index is -0.795. The molecular formula is C15H20N2O4S. The first kappa shape index (κ1) is 16.5. The van der Waals surface area contributed by atoms with Gasteiger partial charge in [-0.25, -0.2) is 4.79 Å². The molecular weight excluding hydrogens is 304 g/mol. The summed E-state index contributed by atoms with van der Waals surface area (Å²) in [5, 5.41) is 0.448. The molecule has 7 heteroatoms. The quantitative estimate of drug-likeness (QED) is 0.828. The molecule has 1 aromatic carbocycles. The molecule has 2 N–H and O–H groups in total. The van der Waals surface area contributed by atoms with Gasteiger partial charge in [0.25, 0.3) is 5.17 Å². The van der Waals surface area contributed by atoms with Crippen molar-refractivity contribution in [2.45, 2.75) is 5.92 Å². The molecule has 1 atom stereocenters. The molecule has 120 valence electrons. The van der Waals surface area contributed by atoms with E-state index in [0.29, 0.717) is 25.0 Å². The summed E-state index contributed by atoms with van der Waals surface area (Å²) in [4.78, 5) is 12.8. The van der Waals surface area contributed by atoms with E-state index in [1.807, 2.05) is 35.2 Å². The number of thiocarbonyl (C=S) groups is 1. The van der Waals surface area contributed by atoms with E-state index in [-0.39, 0.29) is 12.5 Å². The summed E-state index contributed by atoms with van der Waals surface area (Å²) in [7, 11) is 0. The lowest BCUT2D eigenvalue weighted by molar-refractivity contribution is 0.0552. The Bertz CT molecular complexity index is 492. The molecule has 1 fully saturated rings.